The predicted molar refractivity (Wildman–Crippen MR) is 28.2 cm³/mol. The van der Waals surface area contributed by atoms with Gasteiger partial charge in [0.15, 0.2) is 5.13 Å². The molecule has 0 saturated heterocycles. The second kappa shape index (κ2) is 1.62. The van der Waals surface area contributed by atoms with Gasteiger partial charge in [-0.2, -0.15) is 0 Å². The maximum Gasteiger partial charge on any atom is 0.183 e. The third-order valence-electron chi connectivity index (χ3n) is 1.34. The first-order chi connectivity index (χ1) is 3.21. The van der Waals surface area contributed by atoms with Gasteiger partial charge in [0.2, 0.25) is 0 Å². The van der Waals surface area contributed by atoms with Gasteiger partial charge in [0.1, 0.15) is 0 Å². The van der Waals surface area contributed by atoms with Crippen molar-refractivity contribution >= 4 is 11.6 Å². The van der Waals surface area contributed by atoms with Crippen molar-refractivity contribution in [2.75, 3.05) is 0 Å². The van der Waals surface area contributed by atoms with E-state index in [0.717, 1.165) is 12.8 Å². The van der Waals surface area contributed by atoms with E-state index in [1.54, 1.807) is 0 Å². The Balaban J connectivity index is 2.40. The van der Waals surface area contributed by atoms with E-state index in [0.29, 0.717) is 12.8 Å². The van der Waals surface area contributed by atoms with Crippen LogP contribution in [0.1, 0.15) is 25.7 Å². The minimum absolute atomic E-state index is 0.550. The number of hydrogen-bond acceptors (Lipinski definition) is 0. The van der Waals surface area contributed by atoms with Crippen LogP contribution in [0.15, 0.2) is 0 Å². The third-order valence-corrected chi connectivity index (χ3v) is 1.71. The topological polar surface area (TPSA) is 0 Å². The van der Waals surface area contributed by atoms with E-state index in [1.807, 2.05) is 0 Å². The fraction of sp³-hybridized carbons (Fsp3) is 1.00. The highest BCUT2D eigenvalue weighted by atomic mass is 35.5. The van der Waals surface area contributed by atoms with E-state index < -0.39 is 5.13 Å². The van der Waals surface area contributed by atoms with Crippen molar-refractivity contribution < 1.29 is 4.39 Å². The van der Waals surface area contributed by atoms with Gasteiger partial charge in [0.05, 0.1) is 0 Å². The summed E-state index contributed by atoms with van der Waals surface area (Å²) in [4.78, 5) is 0. The highest BCUT2D eigenvalue weighted by molar-refractivity contribution is 6.22. The molecule has 0 aromatic heterocycles. The normalized spacial score (nSPS) is 28.3. The Kier molecular flexibility index (Phi) is 1.24. The maximum absolute atomic E-state index is 12.4. The minimum atomic E-state index is -1.33. The number of hydrogen-bond donors (Lipinski definition) is 0. The highest BCUT2D eigenvalue weighted by Gasteiger charge is 2.29. The molecule has 0 unspecified atom stereocenters. The second-order valence-corrected chi connectivity index (χ2v) is 2.74. The zero-order valence-electron chi connectivity index (χ0n) is 4.08. The van der Waals surface area contributed by atoms with Gasteiger partial charge in [-0.25, -0.2) is 4.39 Å². The minimum Gasteiger partial charge on any atom is -0.226 e. The Morgan fingerprint density at radius 3 is 1.86 bits per heavy atom. The van der Waals surface area contributed by atoms with E-state index in [2.05, 4.69) is 0 Å². The first kappa shape index (κ1) is 5.36. The van der Waals surface area contributed by atoms with Crippen molar-refractivity contribution in [3.8, 4) is 0 Å². The molecule has 0 nitrogen and oxygen atoms in total. The summed E-state index contributed by atoms with van der Waals surface area (Å²) in [5.74, 6) is 0. The van der Waals surface area contributed by atoms with Crippen LogP contribution in [0.5, 0.6) is 0 Å². The van der Waals surface area contributed by atoms with Crippen LogP contribution in [-0.2, 0) is 0 Å². The summed E-state index contributed by atoms with van der Waals surface area (Å²) in [6.07, 6.45) is 3.02. The van der Waals surface area contributed by atoms with Gasteiger partial charge in [-0.3, -0.25) is 0 Å². The first-order valence-electron chi connectivity index (χ1n) is 2.59. The highest BCUT2D eigenvalue weighted by Crippen LogP contribution is 2.36. The lowest BCUT2D eigenvalue weighted by molar-refractivity contribution is 0.287. The molecular weight excluding hydrogens is 115 g/mol. The predicted octanol–water partition coefficient (Wildman–Crippen LogP) is 2.47. The largest absolute Gasteiger partial charge is 0.226 e. The van der Waals surface area contributed by atoms with Gasteiger partial charge in [-0.15, -0.1) is 0 Å². The summed E-state index contributed by atoms with van der Waals surface area (Å²) in [7, 11) is 0. The first-order valence-corrected chi connectivity index (χ1v) is 2.96. The van der Waals surface area contributed by atoms with Crippen molar-refractivity contribution in [1.29, 1.82) is 0 Å². The van der Waals surface area contributed by atoms with Crippen molar-refractivity contribution in [3.63, 3.8) is 0 Å². The standard InChI is InChI=1S/C5H8ClF/c6-5(7)3-1-2-4-5/h1-4H2. The molecule has 0 N–H and O–H groups in total. The maximum atomic E-state index is 12.4. The fourth-order valence-electron chi connectivity index (χ4n) is 0.892. The molecule has 1 saturated carbocycles. The zero-order valence-corrected chi connectivity index (χ0v) is 4.84. The van der Waals surface area contributed by atoms with E-state index in [4.69, 9.17) is 11.6 Å². The number of halogens is 2. The smallest absolute Gasteiger partial charge is 0.183 e. The van der Waals surface area contributed by atoms with Gasteiger partial charge >= 0.3 is 0 Å². The summed E-state index contributed by atoms with van der Waals surface area (Å²) in [5.41, 5.74) is 0. The van der Waals surface area contributed by atoms with E-state index in [9.17, 15) is 4.39 Å². The average Bonchev–Trinajstić information content (AvgIpc) is 1.84. The van der Waals surface area contributed by atoms with Crippen molar-refractivity contribution in [2.24, 2.45) is 0 Å². The fourth-order valence-corrected chi connectivity index (χ4v) is 1.16. The molecule has 0 aliphatic heterocycles. The van der Waals surface area contributed by atoms with Crippen LogP contribution in [0.25, 0.3) is 0 Å². The Bertz CT molecular complexity index is 62.5. The monoisotopic (exact) mass is 122 g/mol. The van der Waals surface area contributed by atoms with E-state index >= 15 is 0 Å². The second-order valence-electron chi connectivity index (χ2n) is 2.06. The van der Waals surface area contributed by atoms with Crippen LogP contribution < -0.4 is 0 Å². The summed E-state index contributed by atoms with van der Waals surface area (Å²) >= 11 is 5.30. The van der Waals surface area contributed by atoms with Crippen LogP contribution in [0, 0.1) is 0 Å². The number of alkyl halides is 2. The van der Waals surface area contributed by atoms with E-state index in [1.165, 1.54) is 0 Å². The van der Waals surface area contributed by atoms with Crippen molar-refractivity contribution in [2.45, 2.75) is 30.8 Å². The Morgan fingerprint density at radius 1 is 1.29 bits per heavy atom. The van der Waals surface area contributed by atoms with Crippen LogP contribution in [0.3, 0.4) is 0 Å². The summed E-state index contributed by atoms with van der Waals surface area (Å²) in [6.45, 7) is 0. The number of rotatable bonds is 0. The molecule has 2 heteroatoms. The third kappa shape index (κ3) is 1.30. The van der Waals surface area contributed by atoms with Crippen molar-refractivity contribution in [3.05, 3.63) is 0 Å². The zero-order chi connectivity index (χ0) is 5.33. The van der Waals surface area contributed by atoms with Crippen molar-refractivity contribution in [1.82, 2.24) is 0 Å². The quantitative estimate of drug-likeness (QED) is 0.433. The molecule has 0 atom stereocenters. The Morgan fingerprint density at radius 2 is 1.71 bits per heavy atom. The Labute approximate surface area is 47.7 Å². The molecule has 0 aromatic rings. The lowest BCUT2D eigenvalue weighted by Gasteiger charge is -2.04. The molecule has 0 heterocycles. The lowest BCUT2D eigenvalue weighted by Crippen LogP contribution is -2.04. The summed E-state index contributed by atoms with van der Waals surface area (Å²) in [5, 5.41) is -1.33. The molecule has 0 bridgehead atoms. The molecule has 0 spiro atoms. The lowest BCUT2D eigenvalue weighted by atomic mass is 10.3. The molecule has 1 rings (SSSR count). The SMILES string of the molecule is FC1(Cl)CCCC1. The van der Waals surface area contributed by atoms with Crippen LogP contribution in [-0.4, -0.2) is 5.13 Å². The van der Waals surface area contributed by atoms with Gasteiger partial charge in [-0.05, 0) is 25.7 Å². The molecule has 1 fully saturated rings. The molecule has 0 radical (unpaired) electrons. The van der Waals surface area contributed by atoms with Crippen LogP contribution >= 0.6 is 11.6 Å². The molecule has 42 valence electrons. The molecule has 0 aromatic carbocycles. The Hall–Kier alpha value is 0.220. The molecule has 1 aliphatic carbocycles. The van der Waals surface area contributed by atoms with Crippen LogP contribution in [0.4, 0.5) is 4.39 Å². The summed E-state index contributed by atoms with van der Waals surface area (Å²) < 4.78 is 12.4. The van der Waals surface area contributed by atoms with Gasteiger partial charge in [0.25, 0.3) is 0 Å². The van der Waals surface area contributed by atoms with Gasteiger partial charge in [-0.1, -0.05) is 11.6 Å². The van der Waals surface area contributed by atoms with E-state index in [-0.39, 0.29) is 0 Å². The molecule has 1 aliphatic rings. The molecular formula is C5H8ClF. The average molecular weight is 123 g/mol. The van der Waals surface area contributed by atoms with Gasteiger partial charge in [0, 0.05) is 0 Å². The molecule has 7 heavy (non-hydrogen) atoms. The summed E-state index contributed by atoms with van der Waals surface area (Å²) in [6, 6.07) is 0. The van der Waals surface area contributed by atoms with Gasteiger partial charge < -0.3 is 0 Å². The van der Waals surface area contributed by atoms with Crippen LogP contribution in [0.2, 0.25) is 0 Å². The molecule has 0 amide bonds.